The van der Waals surface area contributed by atoms with Crippen molar-refractivity contribution in [3.05, 3.63) is 60.4 Å². The Morgan fingerprint density at radius 3 is 2.65 bits per heavy atom. The van der Waals surface area contributed by atoms with Gasteiger partial charge in [0.1, 0.15) is 11.4 Å². The third kappa shape index (κ3) is 4.11. The molecule has 1 amide bonds. The number of nitrogens with one attached hydrogen (secondary N) is 3. The number of nitro groups is 1. The van der Waals surface area contributed by atoms with Crippen molar-refractivity contribution in [1.29, 1.82) is 0 Å². The van der Waals surface area contributed by atoms with Crippen molar-refractivity contribution < 1.29 is 19.2 Å². The zero-order chi connectivity index (χ0) is 19.4. The molecule has 0 bridgehead atoms. The molecule has 0 spiro atoms. The van der Waals surface area contributed by atoms with E-state index >= 15 is 0 Å². The summed E-state index contributed by atoms with van der Waals surface area (Å²) in [5.41, 5.74) is 2.43. The summed E-state index contributed by atoms with van der Waals surface area (Å²) < 4.78 is 4.65. The van der Waals surface area contributed by atoms with Crippen molar-refractivity contribution in [2.24, 2.45) is 0 Å². The molecule has 0 aliphatic carbocycles. The number of nitrogens with zero attached hydrogens (tertiary/aromatic N) is 1. The van der Waals surface area contributed by atoms with Crippen LogP contribution in [-0.4, -0.2) is 33.4 Å². The molecule has 0 saturated heterocycles. The zero-order valence-corrected chi connectivity index (χ0v) is 13.3. The smallest absolute Gasteiger partial charge is 0.357 e. The van der Waals surface area contributed by atoms with E-state index in [1.54, 1.807) is 13.0 Å². The van der Waals surface area contributed by atoms with E-state index in [1.807, 2.05) is 9.97 Å². The maximum absolute atomic E-state index is 11.8. The molecule has 0 saturated carbocycles. The quantitative estimate of drug-likeness (QED) is 0.315. The van der Waals surface area contributed by atoms with Gasteiger partial charge in [-0.25, -0.2) is 9.59 Å². The number of anilines is 2. The van der Waals surface area contributed by atoms with Gasteiger partial charge in [0, 0.05) is 6.07 Å². The van der Waals surface area contributed by atoms with E-state index in [4.69, 9.17) is 5.73 Å². The van der Waals surface area contributed by atoms with E-state index in [0.29, 0.717) is 5.56 Å². The number of rotatable bonds is 5. The van der Waals surface area contributed by atoms with Gasteiger partial charge in [-0.3, -0.25) is 29.7 Å². The Labute approximate surface area is 144 Å². The van der Waals surface area contributed by atoms with E-state index < -0.39 is 46.0 Å². The van der Waals surface area contributed by atoms with E-state index in [2.05, 4.69) is 10.1 Å². The Kier molecular flexibility index (Phi) is 5.15. The molecule has 1 heterocycles. The Bertz CT molecular complexity index is 1010. The van der Waals surface area contributed by atoms with Crippen LogP contribution >= 0.6 is 0 Å². The molecule has 12 heteroatoms. The Morgan fingerprint density at radius 1 is 1.31 bits per heavy atom. The first-order valence-electron chi connectivity index (χ1n) is 7.03. The van der Waals surface area contributed by atoms with Crippen molar-refractivity contribution in [1.82, 2.24) is 9.97 Å². The summed E-state index contributed by atoms with van der Waals surface area (Å²) in [5.74, 6) is -2.07. The predicted octanol–water partition coefficient (Wildman–Crippen LogP) is -0.342. The summed E-state index contributed by atoms with van der Waals surface area (Å²) in [6.07, 6.45) is 0. The number of H-pyrrole nitrogens is 2. The number of nitrogens with two attached hydrogens (primary N) is 1. The molecule has 0 unspecified atom stereocenters. The number of benzene rings is 1. The average molecular weight is 363 g/mol. The topological polar surface area (TPSA) is 190 Å². The minimum Gasteiger partial charge on any atom is -0.451 e. The highest BCUT2D eigenvalue weighted by atomic mass is 16.6. The molecule has 2 rings (SSSR count). The number of ether oxygens (including phenoxy) is 1. The Hall–Kier alpha value is -3.96. The highest BCUT2D eigenvalue weighted by Gasteiger charge is 2.19. The van der Waals surface area contributed by atoms with Gasteiger partial charge in [0.2, 0.25) is 0 Å². The van der Waals surface area contributed by atoms with Gasteiger partial charge in [-0.15, -0.1) is 0 Å². The number of amides is 1. The molecule has 12 nitrogen and oxygen atoms in total. The van der Waals surface area contributed by atoms with Crippen molar-refractivity contribution in [3.63, 3.8) is 0 Å². The van der Waals surface area contributed by atoms with Gasteiger partial charge in [-0.05, 0) is 18.6 Å². The monoisotopic (exact) mass is 363 g/mol. The molecule has 0 atom stereocenters. The van der Waals surface area contributed by atoms with E-state index in [1.165, 1.54) is 12.1 Å². The number of hydrogen-bond donors (Lipinski definition) is 4. The number of nitro benzene ring substituents is 1. The van der Waals surface area contributed by atoms with Crippen LogP contribution in [0.1, 0.15) is 16.1 Å². The molecular formula is C14H13N5O7. The molecular weight excluding hydrogens is 350 g/mol. The number of hydrogen-bond acceptors (Lipinski definition) is 8. The lowest BCUT2D eigenvalue weighted by atomic mass is 10.2. The predicted molar refractivity (Wildman–Crippen MR) is 88.8 cm³/mol. The highest BCUT2D eigenvalue weighted by Crippen LogP contribution is 2.25. The van der Waals surface area contributed by atoms with Gasteiger partial charge >= 0.3 is 11.7 Å². The number of aromatic amines is 2. The molecule has 26 heavy (non-hydrogen) atoms. The molecule has 0 fully saturated rings. The van der Waals surface area contributed by atoms with Crippen LogP contribution in [0.5, 0.6) is 0 Å². The molecule has 2 aromatic rings. The molecule has 1 aromatic carbocycles. The van der Waals surface area contributed by atoms with Crippen LogP contribution in [0.15, 0.2) is 27.8 Å². The third-order valence-electron chi connectivity index (χ3n) is 3.14. The molecule has 1 aromatic heterocycles. The first kappa shape index (κ1) is 18.4. The fraction of sp³-hybridized carbons (Fsp3) is 0.143. The van der Waals surface area contributed by atoms with Gasteiger partial charge in [-0.2, -0.15) is 0 Å². The van der Waals surface area contributed by atoms with Crippen LogP contribution in [0, 0.1) is 17.0 Å². The number of aromatic nitrogens is 2. The van der Waals surface area contributed by atoms with E-state index in [9.17, 15) is 29.3 Å². The largest absolute Gasteiger partial charge is 0.451 e. The average Bonchev–Trinajstić information content (AvgIpc) is 2.57. The van der Waals surface area contributed by atoms with Gasteiger partial charge in [0.15, 0.2) is 12.3 Å². The summed E-state index contributed by atoms with van der Waals surface area (Å²) in [7, 11) is 0. The maximum Gasteiger partial charge on any atom is 0.357 e. The number of aryl methyl sites for hydroxylation is 1. The summed E-state index contributed by atoms with van der Waals surface area (Å²) in [6.45, 7) is 0.825. The minimum atomic E-state index is -1.21. The van der Waals surface area contributed by atoms with Crippen molar-refractivity contribution in [2.45, 2.75) is 6.92 Å². The summed E-state index contributed by atoms with van der Waals surface area (Å²) in [4.78, 5) is 60.3. The second kappa shape index (κ2) is 7.29. The summed E-state index contributed by atoms with van der Waals surface area (Å²) in [5, 5.41) is 13.2. The number of esters is 1. The van der Waals surface area contributed by atoms with Crippen molar-refractivity contribution in [2.75, 3.05) is 17.7 Å². The molecule has 5 N–H and O–H groups in total. The van der Waals surface area contributed by atoms with Crippen LogP contribution in [0.4, 0.5) is 17.1 Å². The van der Waals surface area contributed by atoms with E-state index in [-0.39, 0.29) is 11.4 Å². The van der Waals surface area contributed by atoms with Crippen molar-refractivity contribution >= 4 is 28.9 Å². The minimum absolute atomic E-state index is 0.0780. The second-order valence-electron chi connectivity index (χ2n) is 5.10. The van der Waals surface area contributed by atoms with Gasteiger partial charge in [0.05, 0.1) is 4.92 Å². The third-order valence-corrected chi connectivity index (χ3v) is 3.14. The fourth-order valence-electron chi connectivity index (χ4n) is 1.95. The van der Waals surface area contributed by atoms with Crippen LogP contribution in [0.25, 0.3) is 0 Å². The van der Waals surface area contributed by atoms with Crippen LogP contribution in [-0.2, 0) is 9.53 Å². The maximum atomic E-state index is 11.8. The summed E-state index contributed by atoms with van der Waals surface area (Å²) in [6, 6.07) is 4.15. The summed E-state index contributed by atoms with van der Waals surface area (Å²) >= 11 is 0. The number of nitrogen functional groups attached to an aromatic ring is 1. The normalized spacial score (nSPS) is 10.2. The van der Waals surface area contributed by atoms with Crippen LogP contribution < -0.4 is 22.3 Å². The van der Waals surface area contributed by atoms with Gasteiger partial charge < -0.3 is 15.8 Å². The van der Waals surface area contributed by atoms with E-state index in [0.717, 1.165) is 0 Å². The van der Waals surface area contributed by atoms with Crippen LogP contribution in [0.3, 0.4) is 0 Å². The lowest BCUT2D eigenvalue weighted by molar-refractivity contribution is -0.384. The SMILES string of the molecule is Cc1ccc(NC(=O)COC(=O)c2[nH]c(=O)[nH]c(=O)c2N)c([N+](=O)[O-])c1. The highest BCUT2D eigenvalue weighted by molar-refractivity contribution is 5.97. The number of carbonyl (C=O) groups is 2. The van der Waals surface area contributed by atoms with Crippen LogP contribution in [0.2, 0.25) is 0 Å². The first-order chi connectivity index (χ1) is 12.2. The number of carbonyl (C=O) groups excluding carboxylic acids is 2. The first-order valence-corrected chi connectivity index (χ1v) is 7.03. The lowest BCUT2D eigenvalue weighted by Gasteiger charge is -2.08. The van der Waals surface area contributed by atoms with Gasteiger partial charge in [0.25, 0.3) is 17.2 Å². The standard InChI is InChI=1S/C14H13N5O7/c1-6-2-3-7(8(4-6)19(24)25)16-9(20)5-26-13(22)11-10(15)12(21)18-14(23)17-11/h2-4H,5,15H2,1H3,(H,16,20)(H2,17,18,21,23). The second-order valence-corrected chi connectivity index (χ2v) is 5.10. The van der Waals surface area contributed by atoms with Crippen molar-refractivity contribution in [3.8, 4) is 0 Å². The molecule has 0 aliphatic heterocycles. The molecule has 136 valence electrons. The molecule has 0 radical (unpaired) electrons. The zero-order valence-electron chi connectivity index (χ0n) is 13.3. The Balaban J connectivity index is 2.08. The fourth-order valence-corrected chi connectivity index (χ4v) is 1.95. The lowest BCUT2D eigenvalue weighted by Crippen LogP contribution is -2.30. The Morgan fingerprint density at radius 2 is 2.00 bits per heavy atom. The van der Waals surface area contributed by atoms with Gasteiger partial charge in [-0.1, -0.05) is 6.07 Å². The molecule has 0 aliphatic rings.